The number of benzene rings is 2. The Hall–Kier alpha value is -2.90. The molecule has 2 aromatic carbocycles. The summed E-state index contributed by atoms with van der Waals surface area (Å²) in [6.07, 6.45) is 1.70. The highest BCUT2D eigenvalue weighted by Gasteiger charge is 2.16. The summed E-state index contributed by atoms with van der Waals surface area (Å²) in [4.78, 5) is 18.0. The SMILES string of the molecule is COc1ccc(Cl)cc1-n1c(C)cc(C=Nn2c(C(C)C)nc3ccc(Br)cc3c2=O)c1C. The fourth-order valence-electron chi connectivity index (χ4n) is 3.90. The smallest absolute Gasteiger partial charge is 0.282 e. The maximum atomic E-state index is 13.3. The molecule has 0 radical (unpaired) electrons. The lowest BCUT2D eigenvalue weighted by molar-refractivity contribution is 0.412. The largest absolute Gasteiger partial charge is 0.495 e. The average molecular weight is 528 g/mol. The molecule has 2 heterocycles. The molecule has 0 unspecified atom stereocenters. The third-order valence-electron chi connectivity index (χ3n) is 5.51. The summed E-state index contributed by atoms with van der Waals surface area (Å²) in [7, 11) is 1.63. The Labute approximate surface area is 205 Å². The van der Waals surface area contributed by atoms with Gasteiger partial charge in [-0.05, 0) is 56.3 Å². The van der Waals surface area contributed by atoms with Gasteiger partial charge in [0.05, 0.1) is 29.9 Å². The van der Waals surface area contributed by atoms with Crippen LogP contribution in [0.1, 0.15) is 42.5 Å². The van der Waals surface area contributed by atoms with Crippen LogP contribution in [0.5, 0.6) is 5.75 Å². The molecule has 0 N–H and O–H groups in total. The molecule has 0 aliphatic rings. The molecule has 170 valence electrons. The van der Waals surface area contributed by atoms with E-state index in [1.807, 2.05) is 58.0 Å². The van der Waals surface area contributed by atoms with E-state index >= 15 is 0 Å². The third-order valence-corrected chi connectivity index (χ3v) is 6.24. The third kappa shape index (κ3) is 4.35. The Morgan fingerprint density at radius 2 is 1.91 bits per heavy atom. The normalized spacial score (nSPS) is 11.8. The number of fused-ring (bicyclic) bond motifs is 1. The van der Waals surface area contributed by atoms with Gasteiger partial charge in [-0.3, -0.25) is 4.79 Å². The first kappa shape index (κ1) is 23.3. The van der Waals surface area contributed by atoms with Crippen molar-refractivity contribution in [1.82, 2.24) is 14.2 Å². The molecule has 0 bridgehead atoms. The number of halogens is 2. The van der Waals surface area contributed by atoms with E-state index in [9.17, 15) is 4.79 Å². The van der Waals surface area contributed by atoms with Gasteiger partial charge in [-0.1, -0.05) is 41.4 Å². The topological polar surface area (TPSA) is 61.4 Å². The van der Waals surface area contributed by atoms with Crippen LogP contribution in [0.2, 0.25) is 5.02 Å². The van der Waals surface area contributed by atoms with Crippen LogP contribution in [0.15, 0.2) is 56.8 Å². The van der Waals surface area contributed by atoms with Crippen LogP contribution in [0.25, 0.3) is 16.6 Å². The molecule has 0 fully saturated rings. The van der Waals surface area contributed by atoms with Crippen LogP contribution in [0, 0.1) is 13.8 Å². The van der Waals surface area contributed by atoms with E-state index in [0.29, 0.717) is 27.5 Å². The Morgan fingerprint density at radius 3 is 2.61 bits per heavy atom. The highest BCUT2D eigenvalue weighted by Crippen LogP contribution is 2.30. The molecular weight excluding hydrogens is 504 g/mol. The first-order valence-corrected chi connectivity index (χ1v) is 11.7. The first-order chi connectivity index (χ1) is 15.7. The maximum Gasteiger partial charge on any atom is 0.282 e. The first-order valence-electron chi connectivity index (χ1n) is 10.5. The molecule has 0 aliphatic heterocycles. The van der Waals surface area contributed by atoms with Crippen molar-refractivity contribution in [2.75, 3.05) is 7.11 Å². The van der Waals surface area contributed by atoms with E-state index in [2.05, 4.69) is 25.6 Å². The Bertz CT molecular complexity index is 1450. The van der Waals surface area contributed by atoms with Crippen LogP contribution >= 0.6 is 27.5 Å². The molecule has 33 heavy (non-hydrogen) atoms. The molecule has 4 rings (SSSR count). The number of hydrogen-bond donors (Lipinski definition) is 0. The molecule has 8 heteroatoms. The van der Waals surface area contributed by atoms with E-state index in [1.54, 1.807) is 25.5 Å². The monoisotopic (exact) mass is 526 g/mol. The second-order valence-electron chi connectivity index (χ2n) is 8.13. The van der Waals surface area contributed by atoms with Crippen molar-refractivity contribution in [1.29, 1.82) is 0 Å². The Balaban J connectivity index is 1.85. The van der Waals surface area contributed by atoms with Gasteiger partial charge < -0.3 is 9.30 Å². The zero-order valence-corrected chi connectivity index (χ0v) is 21.4. The fourth-order valence-corrected chi connectivity index (χ4v) is 4.43. The number of aromatic nitrogens is 3. The minimum Gasteiger partial charge on any atom is -0.495 e. The molecule has 0 amide bonds. The summed E-state index contributed by atoms with van der Waals surface area (Å²) in [5.41, 5.74) is 4.12. The molecule has 0 aliphatic carbocycles. The van der Waals surface area contributed by atoms with Crippen LogP contribution in [0.3, 0.4) is 0 Å². The lowest BCUT2D eigenvalue weighted by Crippen LogP contribution is -2.23. The second kappa shape index (κ2) is 9.15. The zero-order chi connectivity index (χ0) is 23.9. The molecule has 0 spiro atoms. The van der Waals surface area contributed by atoms with Gasteiger partial charge in [0, 0.05) is 32.4 Å². The number of aryl methyl sites for hydroxylation is 1. The predicted molar refractivity (Wildman–Crippen MR) is 138 cm³/mol. The molecule has 6 nitrogen and oxygen atoms in total. The van der Waals surface area contributed by atoms with Crippen LogP contribution in [-0.2, 0) is 0 Å². The number of nitrogens with zero attached hydrogens (tertiary/aromatic N) is 4. The summed E-state index contributed by atoms with van der Waals surface area (Å²) < 4.78 is 9.82. The van der Waals surface area contributed by atoms with Crippen LogP contribution in [0.4, 0.5) is 0 Å². The van der Waals surface area contributed by atoms with E-state index < -0.39 is 0 Å². The summed E-state index contributed by atoms with van der Waals surface area (Å²) >= 11 is 9.69. The molecular formula is C25H24BrClN4O2. The van der Waals surface area contributed by atoms with Gasteiger partial charge >= 0.3 is 0 Å². The average Bonchev–Trinajstić information content (AvgIpc) is 3.06. The van der Waals surface area contributed by atoms with Gasteiger partial charge in [-0.2, -0.15) is 9.78 Å². The summed E-state index contributed by atoms with van der Waals surface area (Å²) in [5.74, 6) is 1.34. The van der Waals surface area contributed by atoms with Crippen molar-refractivity contribution >= 4 is 44.6 Å². The van der Waals surface area contributed by atoms with E-state index in [4.69, 9.17) is 21.3 Å². The van der Waals surface area contributed by atoms with E-state index in [0.717, 1.165) is 27.1 Å². The predicted octanol–water partition coefficient (Wildman–Crippen LogP) is 6.23. The highest BCUT2D eigenvalue weighted by molar-refractivity contribution is 9.10. The summed E-state index contributed by atoms with van der Waals surface area (Å²) in [6.45, 7) is 7.99. The minimum atomic E-state index is -0.202. The highest BCUT2D eigenvalue weighted by atomic mass is 79.9. The lowest BCUT2D eigenvalue weighted by Gasteiger charge is -2.14. The van der Waals surface area contributed by atoms with Crippen molar-refractivity contribution in [2.45, 2.75) is 33.6 Å². The number of hydrogen-bond acceptors (Lipinski definition) is 4. The fraction of sp³-hybridized carbons (Fsp3) is 0.240. The number of rotatable bonds is 5. The van der Waals surface area contributed by atoms with Gasteiger partial charge in [-0.15, -0.1) is 0 Å². The summed E-state index contributed by atoms with van der Waals surface area (Å²) in [5, 5.41) is 5.71. The van der Waals surface area contributed by atoms with Crippen molar-refractivity contribution < 1.29 is 4.74 Å². The molecule has 2 aromatic heterocycles. The lowest BCUT2D eigenvalue weighted by atomic mass is 10.2. The number of methoxy groups -OCH3 is 1. The Kier molecular flexibility index (Phi) is 6.45. The minimum absolute atomic E-state index is 0.0195. The van der Waals surface area contributed by atoms with E-state index in [1.165, 1.54) is 4.68 Å². The molecule has 4 aromatic rings. The van der Waals surface area contributed by atoms with Crippen molar-refractivity contribution in [3.8, 4) is 11.4 Å². The van der Waals surface area contributed by atoms with Crippen molar-refractivity contribution in [3.63, 3.8) is 0 Å². The standard InChI is InChI=1S/C25H24BrClN4O2/c1-14(2)24-29-21-8-6-18(26)11-20(21)25(32)31(24)28-13-17-10-15(3)30(16(17)4)22-12-19(27)7-9-23(22)33-5/h6-14H,1-5H3. The molecule has 0 saturated heterocycles. The van der Waals surface area contributed by atoms with Crippen molar-refractivity contribution in [3.05, 3.63) is 85.1 Å². The van der Waals surface area contributed by atoms with Gasteiger partial charge in [0.25, 0.3) is 5.56 Å². The summed E-state index contributed by atoms with van der Waals surface area (Å²) in [6, 6.07) is 13.0. The molecule has 0 atom stereocenters. The van der Waals surface area contributed by atoms with Gasteiger partial charge in [0.2, 0.25) is 0 Å². The van der Waals surface area contributed by atoms with Gasteiger partial charge in [0.1, 0.15) is 11.6 Å². The van der Waals surface area contributed by atoms with Crippen molar-refractivity contribution in [2.24, 2.45) is 5.10 Å². The maximum absolute atomic E-state index is 13.3. The van der Waals surface area contributed by atoms with Crippen LogP contribution in [-0.4, -0.2) is 27.6 Å². The quantitative estimate of drug-likeness (QED) is 0.289. The number of ether oxygens (including phenoxy) is 1. The van der Waals surface area contributed by atoms with Crippen LogP contribution < -0.4 is 10.3 Å². The molecule has 0 saturated carbocycles. The van der Waals surface area contributed by atoms with E-state index in [-0.39, 0.29) is 11.5 Å². The zero-order valence-electron chi connectivity index (χ0n) is 19.1. The Morgan fingerprint density at radius 1 is 1.15 bits per heavy atom. The van der Waals surface area contributed by atoms with Gasteiger partial charge in [-0.25, -0.2) is 4.98 Å². The van der Waals surface area contributed by atoms with Gasteiger partial charge in [0.15, 0.2) is 0 Å². The second-order valence-corrected chi connectivity index (χ2v) is 9.48.